The molecular weight excluding hydrogens is 422 g/mol. The van der Waals surface area contributed by atoms with Crippen molar-refractivity contribution in [1.82, 2.24) is 14.8 Å². The molecule has 2 aliphatic heterocycles. The number of carbonyl (C=O) groups excluding carboxylic acids is 3. The van der Waals surface area contributed by atoms with Crippen molar-refractivity contribution in [2.45, 2.75) is 31.4 Å². The Morgan fingerprint density at radius 1 is 1.21 bits per heavy atom. The third-order valence-corrected chi connectivity index (χ3v) is 6.84. The topological polar surface area (TPSA) is 89.0 Å². The number of Topliss-reactive ketones (excluding diaryl/α,β-unsaturated/α-hetero) is 1. The predicted octanol–water partition coefficient (Wildman–Crippen LogP) is 2.04. The zero-order chi connectivity index (χ0) is 22.9. The van der Waals surface area contributed by atoms with Gasteiger partial charge < -0.3 is 19.3 Å². The molecule has 2 aromatic rings. The molecule has 1 aliphatic carbocycles. The lowest BCUT2D eigenvalue weighted by Crippen LogP contribution is -2.50. The number of nitrogens with zero attached hydrogens (tertiary/aromatic N) is 3. The maximum Gasteiger partial charge on any atom is 0.228 e. The fourth-order valence-corrected chi connectivity index (χ4v) is 5.13. The Bertz CT molecular complexity index is 1070. The van der Waals surface area contributed by atoms with Gasteiger partial charge in [-0.05, 0) is 24.1 Å². The number of amides is 2. The Morgan fingerprint density at radius 3 is 2.91 bits per heavy atom. The van der Waals surface area contributed by atoms with Crippen LogP contribution in [0.2, 0.25) is 0 Å². The molecule has 5 rings (SSSR count). The van der Waals surface area contributed by atoms with Crippen LogP contribution in [0.1, 0.15) is 40.4 Å². The van der Waals surface area contributed by atoms with Crippen LogP contribution in [-0.2, 0) is 20.7 Å². The van der Waals surface area contributed by atoms with Crippen molar-refractivity contribution in [3.05, 3.63) is 59.4 Å². The summed E-state index contributed by atoms with van der Waals surface area (Å²) in [6.07, 6.45) is 4.53. The number of hydrogen-bond acceptors (Lipinski definition) is 6. The number of hydrogen-bond donors (Lipinski definition) is 0. The summed E-state index contributed by atoms with van der Waals surface area (Å²) in [5, 5.41) is 0. The smallest absolute Gasteiger partial charge is 0.228 e. The minimum atomic E-state index is -0.449. The van der Waals surface area contributed by atoms with Crippen molar-refractivity contribution in [2.24, 2.45) is 5.92 Å². The van der Waals surface area contributed by atoms with Crippen LogP contribution in [0.15, 0.2) is 42.7 Å². The quantitative estimate of drug-likeness (QED) is 0.694. The molecule has 2 fully saturated rings. The molecule has 0 saturated carbocycles. The van der Waals surface area contributed by atoms with E-state index in [1.165, 1.54) is 0 Å². The SMILES string of the molecule is CN1C(=O)CC(C(=O)N2CCOC(COc3cccc4c3CCC4=O)C2)C1c1cccnc1. The second kappa shape index (κ2) is 8.94. The van der Waals surface area contributed by atoms with Gasteiger partial charge >= 0.3 is 0 Å². The van der Waals surface area contributed by atoms with Crippen LogP contribution in [0.3, 0.4) is 0 Å². The van der Waals surface area contributed by atoms with Crippen LogP contribution < -0.4 is 4.74 Å². The molecule has 172 valence electrons. The van der Waals surface area contributed by atoms with Crippen LogP contribution in [0.4, 0.5) is 0 Å². The standard InChI is InChI=1S/C25H27N3O5/c1-27-23(30)12-20(24(27)16-4-3-9-26-13-16)25(31)28-10-11-32-17(14-28)15-33-22-6-2-5-18-19(22)7-8-21(18)29/h2-6,9,13,17,20,24H,7-8,10-12,14-15H2,1H3. The number of ether oxygens (including phenoxy) is 2. The van der Waals surface area contributed by atoms with Gasteiger partial charge in [-0.15, -0.1) is 0 Å². The average molecular weight is 450 g/mol. The van der Waals surface area contributed by atoms with Crippen molar-refractivity contribution in [3.63, 3.8) is 0 Å². The van der Waals surface area contributed by atoms with E-state index in [0.29, 0.717) is 44.9 Å². The molecule has 2 amide bonds. The molecule has 0 spiro atoms. The number of morpholine rings is 1. The van der Waals surface area contributed by atoms with Gasteiger partial charge in [-0.2, -0.15) is 0 Å². The Kier molecular flexibility index (Phi) is 5.85. The number of pyridine rings is 1. The molecule has 1 aromatic heterocycles. The van der Waals surface area contributed by atoms with Crippen LogP contribution in [0, 0.1) is 5.92 Å². The van der Waals surface area contributed by atoms with Crippen molar-refractivity contribution >= 4 is 17.6 Å². The van der Waals surface area contributed by atoms with E-state index in [2.05, 4.69) is 4.98 Å². The molecule has 3 unspecified atom stereocenters. The van der Waals surface area contributed by atoms with E-state index in [1.54, 1.807) is 29.2 Å². The Balaban J connectivity index is 1.26. The molecule has 33 heavy (non-hydrogen) atoms. The van der Waals surface area contributed by atoms with Crippen molar-refractivity contribution in [3.8, 4) is 5.75 Å². The number of fused-ring (bicyclic) bond motifs is 1. The first kappa shape index (κ1) is 21.6. The lowest BCUT2D eigenvalue weighted by atomic mass is 9.93. The van der Waals surface area contributed by atoms with Gasteiger partial charge in [0.2, 0.25) is 11.8 Å². The Hall–Kier alpha value is -3.26. The second-order valence-electron chi connectivity index (χ2n) is 8.84. The minimum Gasteiger partial charge on any atom is -0.491 e. The first-order valence-electron chi connectivity index (χ1n) is 11.4. The lowest BCUT2D eigenvalue weighted by molar-refractivity contribution is -0.145. The fourth-order valence-electron chi connectivity index (χ4n) is 5.13. The molecule has 0 bridgehead atoms. The minimum absolute atomic E-state index is 0.0391. The van der Waals surface area contributed by atoms with Gasteiger partial charge in [0.05, 0.1) is 25.1 Å². The summed E-state index contributed by atoms with van der Waals surface area (Å²) in [6.45, 7) is 1.60. The highest BCUT2D eigenvalue weighted by Gasteiger charge is 2.45. The molecule has 3 aliphatic rings. The highest BCUT2D eigenvalue weighted by Crippen LogP contribution is 2.38. The van der Waals surface area contributed by atoms with Gasteiger partial charge in [-0.1, -0.05) is 18.2 Å². The summed E-state index contributed by atoms with van der Waals surface area (Å²) >= 11 is 0. The summed E-state index contributed by atoms with van der Waals surface area (Å²) in [5.74, 6) is 0.337. The van der Waals surface area contributed by atoms with E-state index in [1.807, 2.05) is 30.3 Å². The molecule has 0 N–H and O–H groups in total. The van der Waals surface area contributed by atoms with Gasteiger partial charge in [0.15, 0.2) is 5.78 Å². The zero-order valence-electron chi connectivity index (χ0n) is 18.6. The number of ketones is 1. The maximum atomic E-state index is 13.5. The van der Waals surface area contributed by atoms with Crippen molar-refractivity contribution in [1.29, 1.82) is 0 Å². The number of rotatable bonds is 5. The van der Waals surface area contributed by atoms with E-state index in [4.69, 9.17) is 9.47 Å². The van der Waals surface area contributed by atoms with Gasteiger partial charge in [0.1, 0.15) is 18.5 Å². The molecular formula is C25H27N3O5. The van der Waals surface area contributed by atoms with Gasteiger partial charge in [0, 0.05) is 50.0 Å². The lowest BCUT2D eigenvalue weighted by Gasteiger charge is -2.35. The third-order valence-electron chi connectivity index (χ3n) is 6.84. The molecule has 8 heteroatoms. The highest BCUT2D eigenvalue weighted by molar-refractivity contribution is 6.01. The van der Waals surface area contributed by atoms with E-state index < -0.39 is 5.92 Å². The molecule has 2 saturated heterocycles. The maximum absolute atomic E-state index is 13.5. The summed E-state index contributed by atoms with van der Waals surface area (Å²) in [4.78, 5) is 45.5. The molecule has 0 radical (unpaired) electrons. The summed E-state index contributed by atoms with van der Waals surface area (Å²) in [6, 6.07) is 8.96. The number of carbonyl (C=O) groups is 3. The first-order chi connectivity index (χ1) is 16.0. The van der Waals surface area contributed by atoms with E-state index in [9.17, 15) is 14.4 Å². The zero-order valence-corrected chi connectivity index (χ0v) is 18.6. The van der Waals surface area contributed by atoms with Crippen molar-refractivity contribution in [2.75, 3.05) is 33.4 Å². The number of benzene rings is 1. The Morgan fingerprint density at radius 2 is 2.09 bits per heavy atom. The molecule has 3 heterocycles. The predicted molar refractivity (Wildman–Crippen MR) is 119 cm³/mol. The summed E-state index contributed by atoms with van der Waals surface area (Å²) in [5.41, 5.74) is 2.56. The average Bonchev–Trinajstić information content (AvgIpc) is 3.37. The van der Waals surface area contributed by atoms with E-state index >= 15 is 0 Å². The monoisotopic (exact) mass is 449 g/mol. The summed E-state index contributed by atoms with van der Waals surface area (Å²) < 4.78 is 11.9. The van der Waals surface area contributed by atoms with Gasteiger partial charge in [-0.25, -0.2) is 0 Å². The molecule has 3 atom stereocenters. The summed E-state index contributed by atoms with van der Waals surface area (Å²) in [7, 11) is 1.74. The second-order valence-corrected chi connectivity index (χ2v) is 8.84. The third kappa shape index (κ3) is 4.11. The van der Waals surface area contributed by atoms with E-state index in [0.717, 1.165) is 16.7 Å². The van der Waals surface area contributed by atoms with Crippen LogP contribution in [0.5, 0.6) is 5.75 Å². The van der Waals surface area contributed by atoms with Crippen LogP contribution >= 0.6 is 0 Å². The molecule has 8 nitrogen and oxygen atoms in total. The highest BCUT2D eigenvalue weighted by atomic mass is 16.5. The fraction of sp³-hybridized carbons (Fsp3) is 0.440. The number of likely N-dealkylation sites (tertiary alicyclic amines) is 1. The normalized spacial score (nSPS) is 24.8. The van der Waals surface area contributed by atoms with Crippen molar-refractivity contribution < 1.29 is 23.9 Å². The van der Waals surface area contributed by atoms with Crippen LogP contribution in [0.25, 0.3) is 0 Å². The largest absolute Gasteiger partial charge is 0.491 e. The first-order valence-corrected chi connectivity index (χ1v) is 11.4. The molecule has 1 aromatic carbocycles. The van der Waals surface area contributed by atoms with E-state index in [-0.39, 0.29) is 36.2 Å². The van der Waals surface area contributed by atoms with Gasteiger partial charge in [-0.3, -0.25) is 19.4 Å². The Labute approximate surface area is 192 Å². The number of aromatic nitrogens is 1. The van der Waals surface area contributed by atoms with Crippen LogP contribution in [-0.4, -0.2) is 71.8 Å². The van der Waals surface area contributed by atoms with Gasteiger partial charge in [0.25, 0.3) is 0 Å².